The molecule has 2 aromatic rings. The number of nitrogens with zero attached hydrogens (tertiary/aromatic N) is 5. The molecule has 3 rings (SSSR count). The van der Waals surface area contributed by atoms with E-state index < -0.39 is 0 Å². The van der Waals surface area contributed by atoms with E-state index >= 15 is 0 Å². The first-order valence-corrected chi connectivity index (χ1v) is 10.7. The Kier molecular flexibility index (Phi) is 7.98. The number of carbonyl (C=O) groups excluding carboxylic acids is 1. The molecule has 8 heteroatoms. The molecule has 0 unspecified atom stereocenters. The van der Waals surface area contributed by atoms with E-state index in [1.807, 2.05) is 18.3 Å². The van der Waals surface area contributed by atoms with Gasteiger partial charge in [-0.05, 0) is 31.0 Å². The Morgan fingerprint density at radius 2 is 2.00 bits per heavy atom. The Morgan fingerprint density at radius 1 is 1.17 bits per heavy atom. The Hall–Kier alpha value is -2.48. The molecule has 8 nitrogen and oxygen atoms in total. The summed E-state index contributed by atoms with van der Waals surface area (Å²) in [4.78, 5) is 25.7. The van der Waals surface area contributed by atoms with Gasteiger partial charge in [-0.1, -0.05) is 25.1 Å². The van der Waals surface area contributed by atoms with Crippen LogP contribution in [0.15, 0.2) is 22.9 Å². The fraction of sp³-hybridized carbons (Fsp3) is 0.619. The van der Waals surface area contributed by atoms with Gasteiger partial charge in [-0.15, -0.1) is 0 Å². The minimum Gasteiger partial charge on any atom is -0.354 e. The number of anilines is 1. The van der Waals surface area contributed by atoms with E-state index in [9.17, 15) is 4.79 Å². The van der Waals surface area contributed by atoms with Crippen molar-refractivity contribution in [2.45, 2.75) is 52.5 Å². The topological polar surface area (TPSA) is 87.4 Å². The zero-order valence-electron chi connectivity index (χ0n) is 17.6. The van der Waals surface area contributed by atoms with Crippen molar-refractivity contribution in [3.63, 3.8) is 0 Å². The van der Waals surface area contributed by atoms with E-state index in [1.54, 1.807) is 0 Å². The third kappa shape index (κ3) is 6.52. The second-order valence-corrected chi connectivity index (χ2v) is 7.43. The number of hydrogen-bond donors (Lipinski definition) is 1. The van der Waals surface area contributed by atoms with E-state index in [0.29, 0.717) is 31.7 Å². The monoisotopic (exact) mass is 400 g/mol. The number of nitrogens with one attached hydrogen (secondary N) is 1. The Balaban J connectivity index is 1.35. The smallest absolute Gasteiger partial charge is 0.226 e. The standard InChI is InChI=1S/C21H32N6O2/c1-3-6-18-24-21(29-25-18)8-5-7-20(28)23-16-17-9-10-19(22-15-17)27-13-11-26(4-2)12-14-27/h9-10,15H,3-8,11-14,16H2,1-2H3,(H,23,28). The minimum absolute atomic E-state index is 0.0260. The largest absolute Gasteiger partial charge is 0.354 e. The summed E-state index contributed by atoms with van der Waals surface area (Å²) < 4.78 is 5.19. The number of amides is 1. The van der Waals surface area contributed by atoms with Crippen LogP contribution in [0.2, 0.25) is 0 Å². The van der Waals surface area contributed by atoms with E-state index in [-0.39, 0.29) is 5.91 Å². The molecule has 1 saturated heterocycles. The van der Waals surface area contributed by atoms with Crippen molar-refractivity contribution < 1.29 is 9.32 Å². The molecule has 29 heavy (non-hydrogen) atoms. The van der Waals surface area contributed by atoms with Gasteiger partial charge in [0.05, 0.1) is 0 Å². The van der Waals surface area contributed by atoms with Crippen molar-refractivity contribution in [1.82, 2.24) is 25.3 Å². The second-order valence-electron chi connectivity index (χ2n) is 7.43. The Morgan fingerprint density at radius 3 is 2.69 bits per heavy atom. The van der Waals surface area contributed by atoms with Crippen molar-refractivity contribution in [2.24, 2.45) is 0 Å². The van der Waals surface area contributed by atoms with Gasteiger partial charge in [-0.3, -0.25) is 4.79 Å². The molecule has 158 valence electrons. The first kappa shape index (κ1) is 21.2. The number of aryl methyl sites for hydroxylation is 2. The number of rotatable bonds is 10. The van der Waals surface area contributed by atoms with Crippen LogP contribution in [0, 0.1) is 0 Å². The fourth-order valence-corrected chi connectivity index (χ4v) is 3.41. The van der Waals surface area contributed by atoms with Gasteiger partial charge in [0.2, 0.25) is 11.8 Å². The van der Waals surface area contributed by atoms with Crippen LogP contribution in [-0.2, 0) is 24.2 Å². The van der Waals surface area contributed by atoms with Gasteiger partial charge >= 0.3 is 0 Å². The highest BCUT2D eigenvalue weighted by molar-refractivity contribution is 5.75. The molecule has 0 aromatic carbocycles. The number of hydrogen-bond acceptors (Lipinski definition) is 7. The fourth-order valence-electron chi connectivity index (χ4n) is 3.41. The average Bonchev–Trinajstić information content (AvgIpc) is 3.20. The Labute approximate surface area is 172 Å². The molecule has 0 radical (unpaired) electrons. The zero-order valence-corrected chi connectivity index (χ0v) is 17.6. The lowest BCUT2D eigenvalue weighted by Crippen LogP contribution is -2.46. The predicted octanol–water partition coefficient (Wildman–Crippen LogP) is 2.20. The number of carbonyl (C=O) groups is 1. The molecule has 0 spiro atoms. The van der Waals surface area contributed by atoms with E-state index in [1.165, 1.54) is 0 Å². The highest BCUT2D eigenvalue weighted by Gasteiger charge is 2.16. The lowest BCUT2D eigenvalue weighted by Gasteiger charge is -2.34. The third-order valence-corrected chi connectivity index (χ3v) is 5.22. The number of piperazine rings is 1. The molecule has 3 heterocycles. The lowest BCUT2D eigenvalue weighted by atomic mass is 10.2. The summed E-state index contributed by atoms with van der Waals surface area (Å²) in [6.07, 6.45) is 5.44. The summed E-state index contributed by atoms with van der Waals surface area (Å²) in [5.41, 5.74) is 1.01. The normalized spacial score (nSPS) is 14.9. The van der Waals surface area contributed by atoms with E-state index in [0.717, 1.165) is 62.8 Å². The predicted molar refractivity (Wildman–Crippen MR) is 112 cm³/mol. The van der Waals surface area contributed by atoms with Crippen molar-refractivity contribution in [1.29, 1.82) is 0 Å². The van der Waals surface area contributed by atoms with Crippen molar-refractivity contribution in [3.05, 3.63) is 35.6 Å². The maximum atomic E-state index is 12.1. The molecule has 1 fully saturated rings. The Bertz CT molecular complexity index is 753. The maximum Gasteiger partial charge on any atom is 0.226 e. The molecule has 2 aromatic heterocycles. The van der Waals surface area contributed by atoms with Gasteiger partial charge in [0.1, 0.15) is 5.82 Å². The molecule has 1 aliphatic rings. The summed E-state index contributed by atoms with van der Waals surface area (Å²) >= 11 is 0. The SMILES string of the molecule is CCCc1noc(CCCC(=O)NCc2ccc(N3CCN(CC)CC3)nc2)n1. The molecular weight excluding hydrogens is 368 g/mol. The molecule has 0 bridgehead atoms. The van der Waals surface area contributed by atoms with Crippen LogP contribution >= 0.6 is 0 Å². The van der Waals surface area contributed by atoms with Gasteiger partial charge in [0.25, 0.3) is 0 Å². The summed E-state index contributed by atoms with van der Waals surface area (Å²) in [7, 11) is 0. The van der Waals surface area contributed by atoms with Gasteiger partial charge in [0, 0.05) is 58.2 Å². The van der Waals surface area contributed by atoms with E-state index in [2.05, 4.69) is 44.1 Å². The molecule has 1 aliphatic heterocycles. The van der Waals surface area contributed by atoms with E-state index in [4.69, 9.17) is 4.52 Å². The lowest BCUT2D eigenvalue weighted by molar-refractivity contribution is -0.121. The highest BCUT2D eigenvalue weighted by Crippen LogP contribution is 2.14. The number of likely N-dealkylation sites (N-methyl/N-ethyl adjacent to an activating group) is 1. The van der Waals surface area contributed by atoms with Gasteiger partial charge in [-0.25, -0.2) is 4.98 Å². The average molecular weight is 401 g/mol. The van der Waals surface area contributed by atoms with Crippen LogP contribution < -0.4 is 10.2 Å². The third-order valence-electron chi connectivity index (χ3n) is 5.22. The van der Waals surface area contributed by atoms with Crippen LogP contribution in [0.25, 0.3) is 0 Å². The summed E-state index contributed by atoms with van der Waals surface area (Å²) in [5.74, 6) is 2.40. The molecule has 1 amide bonds. The summed E-state index contributed by atoms with van der Waals surface area (Å²) in [6, 6.07) is 4.09. The second kappa shape index (κ2) is 10.9. The summed E-state index contributed by atoms with van der Waals surface area (Å²) in [6.45, 7) is 10.1. The quantitative estimate of drug-likeness (QED) is 0.654. The molecule has 0 aliphatic carbocycles. The first-order valence-electron chi connectivity index (χ1n) is 10.7. The number of aromatic nitrogens is 3. The maximum absolute atomic E-state index is 12.1. The first-order chi connectivity index (χ1) is 14.2. The summed E-state index contributed by atoms with van der Waals surface area (Å²) in [5, 5.41) is 6.89. The van der Waals surface area contributed by atoms with Crippen LogP contribution in [-0.4, -0.2) is 58.7 Å². The van der Waals surface area contributed by atoms with Gasteiger partial charge < -0.3 is 19.6 Å². The van der Waals surface area contributed by atoms with Crippen molar-refractivity contribution >= 4 is 11.7 Å². The molecule has 0 atom stereocenters. The molecule has 0 saturated carbocycles. The zero-order chi connectivity index (χ0) is 20.5. The molecular formula is C21H32N6O2. The van der Waals surface area contributed by atoms with Crippen LogP contribution in [0.5, 0.6) is 0 Å². The van der Waals surface area contributed by atoms with Crippen LogP contribution in [0.1, 0.15) is 50.4 Å². The molecule has 1 N–H and O–H groups in total. The minimum atomic E-state index is 0.0260. The van der Waals surface area contributed by atoms with Gasteiger partial charge in [0.15, 0.2) is 5.82 Å². The number of pyridine rings is 1. The van der Waals surface area contributed by atoms with Crippen molar-refractivity contribution in [2.75, 3.05) is 37.6 Å². The van der Waals surface area contributed by atoms with Crippen molar-refractivity contribution in [3.8, 4) is 0 Å². The van der Waals surface area contributed by atoms with Crippen LogP contribution in [0.4, 0.5) is 5.82 Å². The highest BCUT2D eigenvalue weighted by atomic mass is 16.5. The van der Waals surface area contributed by atoms with Gasteiger partial charge in [-0.2, -0.15) is 4.98 Å². The van der Waals surface area contributed by atoms with Crippen LogP contribution in [0.3, 0.4) is 0 Å².